The van der Waals surface area contributed by atoms with Crippen LogP contribution >= 0.6 is 0 Å². The number of halogens is 1. The molecule has 0 amide bonds. The van der Waals surface area contributed by atoms with E-state index in [4.69, 9.17) is 0 Å². The Morgan fingerprint density at radius 1 is 0.829 bits per heavy atom. The topological polar surface area (TPSA) is 100.0 Å². The molecule has 5 aromatic heterocycles. The van der Waals surface area contributed by atoms with Crippen LogP contribution in [0.25, 0.3) is 38.9 Å². The molecule has 0 aliphatic rings. The number of hydrogen-bond donors (Lipinski definition) is 0. The highest BCUT2D eigenvalue weighted by atomic mass is 32.2. The predicted octanol–water partition coefficient (Wildman–Crippen LogP) is 3.83. The normalized spacial score (nSPS) is 12.1. The Morgan fingerprint density at radius 2 is 1.66 bits per heavy atom. The molecule has 0 N–H and O–H groups in total. The van der Waals surface area contributed by atoms with Gasteiger partial charge in [0.15, 0.2) is 5.03 Å². The van der Waals surface area contributed by atoms with E-state index in [1.54, 1.807) is 67.6 Å². The van der Waals surface area contributed by atoms with Crippen molar-refractivity contribution in [3.63, 3.8) is 0 Å². The first-order valence-electron chi connectivity index (χ1n) is 10.6. The van der Waals surface area contributed by atoms with Gasteiger partial charge in [-0.25, -0.2) is 9.37 Å². The van der Waals surface area contributed by atoms with Gasteiger partial charge in [-0.3, -0.25) is 14.1 Å². The summed E-state index contributed by atoms with van der Waals surface area (Å²) in [5, 5.41) is 8.22. The third-order valence-electron chi connectivity index (χ3n) is 5.90. The molecule has 0 radical (unpaired) electrons. The molecule has 174 valence electrons. The zero-order chi connectivity index (χ0) is 24.3. The van der Waals surface area contributed by atoms with E-state index in [9.17, 15) is 12.8 Å². The van der Waals surface area contributed by atoms with E-state index < -0.39 is 10.0 Å². The SMILES string of the molecule is Cc1ccc(-c2ccc3ncc(S(=O)(=O)n4ncc5ncc(-c6cnn(C)c6)cc54)n3c2)cc1F. The van der Waals surface area contributed by atoms with Crippen molar-refractivity contribution < 1.29 is 12.8 Å². The molecule has 6 rings (SSSR count). The molecule has 0 saturated carbocycles. The second-order valence-electron chi connectivity index (χ2n) is 8.23. The molecule has 5 heterocycles. The Bertz CT molecular complexity index is 1870. The summed E-state index contributed by atoms with van der Waals surface area (Å²) in [5.41, 5.74) is 4.53. The van der Waals surface area contributed by atoms with Crippen molar-refractivity contribution in [2.45, 2.75) is 11.9 Å². The first-order chi connectivity index (χ1) is 16.8. The van der Waals surface area contributed by atoms with E-state index in [1.807, 2.05) is 6.20 Å². The number of rotatable bonds is 4. The van der Waals surface area contributed by atoms with Crippen LogP contribution in [0, 0.1) is 12.7 Å². The number of benzene rings is 1. The van der Waals surface area contributed by atoms with Gasteiger partial charge in [0.2, 0.25) is 0 Å². The zero-order valence-electron chi connectivity index (χ0n) is 18.7. The van der Waals surface area contributed by atoms with Crippen LogP contribution in [0.15, 0.2) is 78.6 Å². The molecule has 0 aliphatic heterocycles. The van der Waals surface area contributed by atoms with Crippen LogP contribution in [0.5, 0.6) is 0 Å². The minimum Gasteiger partial charge on any atom is -0.288 e. The summed E-state index contributed by atoms with van der Waals surface area (Å²) in [4.78, 5) is 8.62. The molecule has 0 spiro atoms. The van der Waals surface area contributed by atoms with Gasteiger partial charge in [0.05, 0.1) is 18.6 Å². The summed E-state index contributed by atoms with van der Waals surface area (Å²) in [6.07, 6.45) is 9.47. The van der Waals surface area contributed by atoms with E-state index >= 15 is 0 Å². The van der Waals surface area contributed by atoms with Crippen LogP contribution in [0.4, 0.5) is 4.39 Å². The van der Waals surface area contributed by atoms with Crippen molar-refractivity contribution in [3.05, 3.63) is 85.0 Å². The first kappa shape index (κ1) is 21.2. The predicted molar refractivity (Wildman–Crippen MR) is 128 cm³/mol. The third-order valence-corrected chi connectivity index (χ3v) is 7.47. The van der Waals surface area contributed by atoms with Crippen LogP contribution in [-0.2, 0) is 17.1 Å². The van der Waals surface area contributed by atoms with Crippen LogP contribution in [0.3, 0.4) is 0 Å². The van der Waals surface area contributed by atoms with Crippen molar-refractivity contribution in [2.75, 3.05) is 0 Å². The summed E-state index contributed by atoms with van der Waals surface area (Å²) in [7, 11) is -2.34. The Balaban J connectivity index is 1.49. The van der Waals surface area contributed by atoms with Crippen molar-refractivity contribution in [1.29, 1.82) is 0 Å². The molecule has 0 unspecified atom stereocenters. The number of imidazole rings is 1. The van der Waals surface area contributed by atoms with Crippen LogP contribution in [0.2, 0.25) is 0 Å². The van der Waals surface area contributed by atoms with Gasteiger partial charge in [0.25, 0.3) is 0 Å². The molecule has 9 nitrogen and oxygen atoms in total. The maximum atomic E-state index is 14.1. The summed E-state index contributed by atoms with van der Waals surface area (Å²) in [6.45, 7) is 1.69. The maximum Gasteiger partial charge on any atom is 0.301 e. The highest BCUT2D eigenvalue weighted by molar-refractivity contribution is 7.90. The van der Waals surface area contributed by atoms with E-state index in [0.29, 0.717) is 38.9 Å². The molecule has 1 aromatic carbocycles. The standard InChI is InChI=1S/C24H18FN7O2S/c1-15-3-4-16(7-20(15)25)17-5-6-23-27-12-24(31(23)14-17)35(33,34)32-22-8-18(9-26-21(22)11-29-32)19-10-28-30(2)13-19/h3-14H,1-2H3. The lowest BCUT2D eigenvalue weighted by atomic mass is 10.1. The second-order valence-corrected chi connectivity index (χ2v) is 9.94. The summed E-state index contributed by atoms with van der Waals surface area (Å²) >= 11 is 0. The van der Waals surface area contributed by atoms with E-state index in [1.165, 1.54) is 22.9 Å². The van der Waals surface area contributed by atoms with Crippen LogP contribution in [-0.4, -0.2) is 41.8 Å². The number of aryl methyl sites for hydroxylation is 2. The lowest BCUT2D eigenvalue weighted by Crippen LogP contribution is -2.16. The summed E-state index contributed by atoms with van der Waals surface area (Å²) in [6, 6.07) is 10.1. The fourth-order valence-electron chi connectivity index (χ4n) is 3.99. The Hall–Kier alpha value is -4.38. The molecule has 35 heavy (non-hydrogen) atoms. The Labute approximate surface area is 199 Å². The van der Waals surface area contributed by atoms with Gasteiger partial charge < -0.3 is 0 Å². The quantitative estimate of drug-likeness (QED) is 0.375. The number of fused-ring (bicyclic) bond motifs is 2. The lowest BCUT2D eigenvalue weighted by molar-refractivity contribution is 0.577. The molecule has 6 aromatic rings. The van der Waals surface area contributed by atoms with Crippen molar-refractivity contribution in [3.8, 4) is 22.3 Å². The molecule has 0 aliphatic carbocycles. The minimum atomic E-state index is -4.14. The van der Waals surface area contributed by atoms with Crippen molar-refractivity contribution in [1.82, 2.24) is 33.3 Å². The number of aromatic nitrogens is 7. The van der Waals surface area contributed by atoms with Gasteiger partial charge in [-0.2, -0.15) is 22.7 Å². The van der Waals surface area contributed by atoms with Crippen molar-refractivity contribution in [2.24, 2.45) is 7.05 Å². The number of hydrogen-bond acceptors (Lipinski definition) is 6. The molecule has 11 heteroatoms. The van der Waals surface area contributed by atoms with E-state index in [0.717, 1.165) is 9.65 Å². The molecule has 0 bridgehead atoms. The molecule has 0 fully saturated rings. The van der Waals surface area contributed by atoms with E-state index in [2.05, 4.69) is 20.2 Å². The number of nitrogens with zero attached hydrogens (tertiary/aromatic N) is 7. The monoisotopic (exact) mass is 487 g/mol. The first-order valence-corrected chi connectivity index (χ1v) is 12.1. The van der Waals surface area contributed by atoms with Gasteiger partial charge in [0, 0.05) is 36.8 Å². The largest absolute Gasteiger partial charge is 0.301 e. The Morgan fingerprint density at radius 3 is 2.43 bits per heavy atom. The van der Waals surface area contributed by atoms with Gasteiger partial charge in [0.1, 0.15) is 22.5 Å². The van der Waals surface area contributed by atoms with Gasteiger partial charge in [-0.05, 0) is 47.9 Å². The maximum absolute atomic E-state index is 14.1. The zero-order valence-corrected chi connectivity index (χ0v) is 19.5. The third kappa shape index (κ3) is 3.39. The van der Waals surface area contributed by atoms with Crippen LogP contribution in [0.1, 0.15) is 5.56 Å². The van der Waals surface area contributed by atoms with Crippen LogP contribution < -0.4 is 0 Å². The van der Waals surface area contributed by atoms with Crippen molar-refractivity contribution >= 4 is 26.7 Å². The lowest BCUT2D eigenvalue weighted by Gasteiger charge is -2.08. The smallest absolute Gasteiger partial charge is 0.288 e. The fourth-order valence-corrected chi connectivity index (χ4v) is 5.32. The highest BCUT2D eigenvalue weighted by Gasteiger charge is 2.25. The molecule has 0 saturated heterocycles. The second kappa shape index (κ2) is 7.57. The number of pyridine rings is 2. The van der Waals surface area contributed by atoms with Gasteiger partial charge >= 0.3 is 10.0 Å². The molecule has 0 atom stereocenters. The van der Waals surface area contributed by atoms with E-state index in [-0.39, 0.29) is 10.8 Å². The highest BCUT2D eigenvalue weighted by Crippen LogP contribution is 2.27. The Kier molecular flexibility index (Phi) is 4.58. The fraction of sp³-hybridized carbons (Fsp3) is 0.0833. The summed E-state index contributed by atoms with van der Waals surface area (Å²) in [5.74, 6) is -0.332. The average molecular weight is 488 g/mol. The summed E-state index contributed by atoms with van der Waals surface area (Å²) < 4.78 is 45.7. The molecular formula is C24H18FN7O2S. The van der Waals surface area contributed by atoms with Gasteiger partial charge in [-0.1, -0.05) is 12.1 Å². The average Bonchev–Trinajstić information content (AvgIpc) is 3.58. The van der Waals surface area contributed by atoms with Gasteiger partial charge in [-0.15, -0.1) is 0 Å². The molecular weight excluding hydrogens is 469 g/mol. The minimum absolute atomic E-state index is 0.0706.